The smallest absolute Gasteiger partial charge is 0.394 e. The molecular weight excluding hydrogens is 240 g/mol. The van der Waals surface area contributed by atoms with Crippen molar-refractivity contribution in [1.82, 2.24) is 9.91 Å². The number of carbonyl (C=O) groups is 1. The zero-order valence-corrected chi connectivity index (χ0v) is 9.59. The Kier molecular flexibility index (Phi) is 3.68. The molecule has 0 spiro atoms. The first-order valence-electron chi connectivity index (χ1n) is 5.54. The van der Waals surface area contributed by atoms with Gasteiger partial charge in [-0.05, 0) is 24.1 Å². The van der Waals surface area contributed by atoms with E-state index in [1.54, 1.807) is 0 Å². The zero-order valence-electron chi connectivity index (χ0n) is 9.59. The first-order chi connectivity index (χ1) is 8.67. The first kappa shape index (κ1) is 12.7. The van der Waals surface area contributed by atoms with Crippen LogP contribution in [0.4, 0.5) is 4.79 Å². The quantitative estimate of drug-likeness (QED) is 0.424. The highest BCUT2D eigenvalue weighted by molar-refractivity contribution is 5.77. The molecule has 1 saturated heterocycles. The number of hydrogen-bond donors (Lipinski definition) is 2. The van der Waals surface area contributed by atoms with Gasteiger partial charge in [-0.25, -0.2) is 4.79 Å². The fourth-order valence-corrected chi connectivity index (χ4v) is 1.96. The average molecular weight is 254 g/mol. The fraction of sp³-hybridized carbons (Fsp3) is 0.667. The third-order valence-corrected chi connectivity index (χ3v) is 2.88. The summed E-state index contributed by atoms with van der Waals surface area (Å²) >= 11 is 0. The van der Waals surface area contributed by atoms with Crippen LogP contribution >= 0.6 is 0 Å². The van der Waals surface area contributed by atoms with Crippen molar-refractivity contribution in [1.29, 1.82) is 0 Å². The first-order valence-corrected chi connectivity index (χ1v) is 5.54. The number of carbonyl (C=O) groups excluding carboxylic acids is 1. The number of nitrogens with zero attached hydrogens (tertiary/aromatic N) is 5. The maximum absolute atomic E-state index is 12.0. The van der Waals surface area contributed by atoms with Gasteiger partial charge in [-0.1, -0.05) is 0 Å². The molecule has 1 unspecified atom stereocenters. The predicted octanol–water partition coefficient (Wildman–Crippen LogP) is 0.245. The van der Waals surface area contributed by atoms with Gasteiger partial charge in [0.15, 0.2) is 6.17 Å². The summed E-state index contributed by atoms with van der Waals surface area (Å²) in [7, 11) is 0. The number of nitrogens with two attached hydrogens (primary N) is 1. The van der Waals surface area contributed by atoms with Crippen LogP contribution in [0.3, 0.4) is 0 Å². The SMILES string of the molecule is [N-]=[N+]=NN1C(=O)N([C@H]2CC[C@@H](CO)O2)C=CC1N. The number of amides is 2. The number of urea groups is 1. The number of azide groups is 1. The second-order valence-corrected chi connectivity index (χ2v) is 4.02. The van der Waals surface area contributed by atoms with E-state index in [2.05, 4.69) is 10.1 Å². The number of hydrogen-bond acceptors (Lipinski definition) is 5. The highest BCUT2D eigenvalue weighted by Gasteiger charge is 2.39. The van der Waals surface area contributed by atoms with Crippen LogP contribution in [0.1, 0.15) is 12.8 Å². The normalized spacial score (nSPS) is 31.7. The minimum absolute atomic E-state index is 0.0815. The lowest BCUT2D eigenvalue weighted by Crippen LogP contribution is -2.52. The van der Waals surface area contributed by atoms with Crippen molar-refractivity contribution >= 4 is 6.03 Å². The molecule has 0 radical (unpaired) electrons. The van der Waals surface area contributed by atoms with Crippen LogP contribution in [0, 0.1) is 0 Å². The van der Waals surface area contributed by atoms with Crippen molar-refractivity contribution in [3.8, 4) is 0 Å². The third kappa shape index (κ3) is 2.24. The van der Waals surface area contributed by atoms with Crippen LogP contribution in [-0.2, 0) is 4.74 Å². The van der Waals surface area contributed by atoms with Gasteiger partial charge in [0.05, 0.1) is 12.7 Å². The van der Waals surface area contributed by atoms with E-state index in [-0.39, 0.29) is 12.7 Å². The molecule has 0 aliphatic carbocycles. The molecule has 3 N–H and O–H groups in total. The molecule has 0 aromatic carbocycles. The van der Waals surface area contributed by atoms with Crippen molar-refractivity contribution in [2.75, 3.05) is 6.61 Å². The minimum Gasteiger partial charge on any atom is -0.394 e. The Balaban J connectivity index is 2.12. The standard InChI is InChI=1S/C9H14N6O3/c10-7-3-4-14(9(17)15(7)13-12-11)8-2-1-6(5-16)18-8/h3-4,6-8,16H,1-2,5,10H2/t6-,7?,8+/m0/s1. The summed E-state index contributed by atoms with van der Waals surface area (Å²) < 4.78 is 5.48. The van der Waals surface area contributed by atoms with Crippen LogP contribution < -0.4 is 5.73 Å². The second kappa shape index (κ2) is 5.23. The molecule has 2 rings (SSSR count). The lowest BCUT2D eigenvalue weighted by Gasteiger charge is -2.31. The van der Waals surface area contributed by atoms with Crippen molar-refractivity contribution in [3.05, 3.63) is 22.7 Å². The van der Waals surface area contributed by atoms with E-state index in [0.717, 1.165) is 5.01 Å². The Labute approximate surface area is 103 Å². The van der Waals surface area contributed by atoms with Gasteiger partial charge >= 0.3 is 6.03 Å². The van der Waals surface area contributed by atoms with Crippen LogP contribution in [0.15, 0.2) is 17.5 Å². The van der Waals surface area contributed by atoms with Gasteiger partial charge in [0.2, 0.25) is 0 Å². The Hall–Kier alpha value is -1.80. The van der Waals surface area contributed by atoms with Gasteiger partial charge < -0.3 is 9.84 Å². The highest BCUT2D eigenvalue weighted by atomic mass is 16.5. The summed E-state index contributed by atoms with van der Waals surface area (Å²) in [6, 6.07) is -0.536. The fourth-order valence-electron chi connectivity index (χ4n) is 1.96. The summed E-state index contributed by atoms with van der Waals surface area (Å²) in [4.78, 5) is 15.9. The summed E-state index contributed by atoms with van der Waals surface area (Å²) in [6.07, 6.45) is 2.83. The molecule has 18 heavy (non-hydrogen) atoms. The number of aliphatic hydroxyl groups is 1. The van der Waals surface area contributed by atoms with E-state index in [0.29, 0.717) is 12.8 Å². The zero-order chi connectivity index (χ0) is 13.1. The van der Waals surface area contributed by atoms with Crippen molar-refractivity contribution in [3.63, 3.8) is 0 Å². The van der Waals surface area contributed by atoms with Gasteiger partial charge in [0.1, 0.15) is 6.23 Å². The number of ether oxygens (including phenoxy) is 1. The molecule has 0 saturated carbocycles. The molecule has 9 nitrogen and oxygen atoms in total. The van der Waals surface area contributed by atoms with Gasteiger partial charge in [-0.15, -0.1) is 10.5 Å². The summed E-state index contributed by atoms with van der Waals surface area (Å²) in [5.74, 6) is 0. The van der Waals surface area contributed by atoms with Gasteiger partial charge in [-0.2, -0.15) is 4.91 Å². The molecule has 1 fully saturated rings. The van der Waals surface area contributed by atoms with Crippen molar-refractivity contribution in [2.45, 2.75) is 31.3 Å². The molecule has 2 heterocycles. The third-order valence-electron chi connectivity index (χ3n) is 2.88. The molecule has 98 valence electrons. The molecule has 0 bridgehead atoms. The monoisotopic (exact) mass is 254 g/mol. The lowest BCUT2D eigenvalue weighted by molar-refractivity contribution is -0.0433. The van der Waals surface area contributed by atoms with Gasteiger partial charge in [0.25, 0.3) is 0 Å². The average Bonchev–Trinajstić information content (AvgIpc) is 2.83. The molecule has 9 heteroatoms. The second-order valence-electron chi connectivity index (χ2n) is 4.02. The lowest BCUT2D eigenvalue weighted by atomic mass is 10.2. The Morgan fingerprint density at radius 3 is 3.06 bits per heavy atom. The van der Waals surface area contributed by atoms with Crippen LogP contribution in [0.25, 0.3) is 10.4 Å². The number of rotatable bonds is 3. The summed E-state index contributed by atoms with van der Waals surface area (Å²) in [5.41, 5.74) is 14.0. The van der Waals surface area contributed by atoms with E-state index in [9.17, 15) is 4.79 Å². The highest BCUT2D eigenvalue weighted by Crippen LogP contribution is 2.25. The Bertz CT molecular complexity index is 407. The van der Waals surface area contributed by atoms with Crippen LogP contribution in [-0.4, -0.2) is 46.2 Å². The molecule has 0 aromatic rings. The maximum atomic E-state index is 12.0. The molecule has 0 aromatic heterocycles. The van der Waals surface area contributed by atoms with Crippen molar-refractivity contribution < 1.29 is 14.6 Å². The molecule has 3 atom stereocenters. The maximum Gasteiger partial charge on any atom is 0.422 e. The van der Waals surface area contributed by atoms with E-state index in [1.807, 2.05) is 0 Å². The largest absolute Gasteiger partial charge is 0.422 e. The van der Waals surface area contributed by atoms with E-state index < -0.39 is 18.4 Å². The van der Waals surface area contributed by atoms with Crippen LogP contribution in [0.5, 0.6) is 0 Å². The van der Waals surface area contributed by atoms with E-state index >= 15 is 0 Å². The van der Waals surface area contributed by atoms with E-state index in [4.69, 9.17) is 21.1 Å². The predicted molar refractivity (Wildman–Crippen MR) is 60.3 cm³/mol. The summed E-state index contributed by atoms with van der Waals surface area (Å²) in [5, 5.41) is 13.1. The van der Waals surface area contributed by atoms with Gasteiger partial charge in [-0.3, -0.25) is 10.6 Å². The topological polar surface area (TPSA) is 128 Å². The van der Waals surface area contributed by atoms with Crippen molar-refractivity contribution in [2.24, 2.45) is 11.0 Å². The molecular formula is C9H14N6O3. The number of aliphatic hydroxyl groups excluding tert-OH is 1. The summed E-state index contributed by atoms with van der Waals surface area (Å²) in [6.45, 7) is -0.0815. The minimum atomic E-state index is -0.778. The molecule has 2 aliphatic heterocycles. The Morgan fingerprint density at radius 2 is 2.44 bits per heavy atom. The molecule has 2 aliphatic rings. The van der Waals surface area contributed by atoms with Crippen LogP contribution in [0.2, 0.25) is 0 Å². The Morgan fingerprint density at radius 1 is 1.67 bits per heavy atom. The molecule has 2 amide bonds. The van der Waals surface area contributed by atoms with E-state index in [1.165, 1.54) is 17.2 Å². The van der Waals surface area contributed by atoms with Gasteiger partial charge in [0, 0.05) is 6.20 Å².